The fourth-order valence-electron chi connectivity index (χ4n) is 5.07. The lowest BCUT2D eigenvalue weighted by Crippen LogP contribution is -2.57. The molecule has 3 aliphatic rings. The first kappa shape index (κ1) is 23.1. The average molecular weight is 464 g/mol. The van der Waals surface area contributed by atoms with Crippen LogP contribution in [-0.4, -0.2) is 78.1 Å². The SMILES string of the molecule is NCc1ccnc(S(=O)(=O)N2C[C@@H](C(=O)N3CCCCC3)C[C@@H](N3CCCCC3=O)C2)c1. The number of carbonyl (C=O) groups is 2. The van der Waals surface area contributed by atoms with Gasteiger partial charge in [0, 0.05) is 57.9 Å². The van der Waals surface area contributed by atoms with E-state index in [1.807, 2.05) is 4.90 Å². The predicted octanol–water partition coefficient (Wildman–Crippen LogP) is 0.945. The zero-order valence-electron chi connectivity index (χ0n) is 18.5. The van der Waals surface area contributed by atoms with Crippen LogP contribution in [0.3, 0.4) is 0 Å². The lowest BCUT2D eigenvalue weighted by atomic mass is 9.91. The minimum atomic E-state index is -3.92. The van der Waals surface area contributed by atoms with Crippen LogP contribution in [0, 0.1) is 5.92 Å². The molecule has 9 nitrogen and oxygen atoms in total. The molecule has 0 aliphatic carbocycles. The molecule has 0 bridgehead atoms. The van der Waals surface area contributed by atoms with Crippen molar-refractivity contribution in [3.63, 3.8) is 0 Å². The molecular formula is C22H33N5O4S. The Morgan fingerprint density at radius 2 is 1.84 bits per heavy atom. The highest BCUT2D eigenvalue weighted by molar-refractivity contribution is 7.89. The molecule has 3 fully saturated rings. The number of likely N-dealkylation sites (tertiary alicyclic amines) is 2. The van der Waals surface area contributed by atoms with E-state index in [0.717, 1.165) is 45.2 Å². The Labute approximate surface area is 190 Å². The van der Waals surface area contributed by atoms with E-state index in [-0.39, 0.29) is 42.5 Å². The molecule has 0 aromatic carbocycles. The van der Waals surface area contributed by atoms with Crippen LogP contribution in [0.4, 0.5) is 0 Å². The molecule has 2 amide bonds. The third kappa shape index (κ3) is 4.82. The van der Waals surface area contributed by atoms with E-state index in [4.69, 9.17) is 5.73 Å². The van der Waals surface area contributed by atoms with Crippen molar-refractivity contribution in [2.75, 3.05) is 32.7 Å². The number of sulfonamides is 1. The Morgan fingerprint density at radius 3 is 2.56 bits per heavy atom. The summed E-state index contributed by atoms with van der Waals surface area (Å²) in [6.45, 7) is 2.57. The average Bonchev–Trinajstić information content (AvgIpc) is 2.84. The lowest BCUT2D eigenvalue weighted by molar-refractivity contribution is -0.143. The Morgan fingerprint density at radius 1 is 1.09 bits per heavy atom. The highest BCUT2D eigenvalue weighted by Crippen LogP contribution is 2.30. The van der Waals surface area contributed by atoms with Gasteiger partial charge < -0.3 is 15.5 Å². The predicted molar refractivity (Wildman–Crippen MR) is 119 cm³/mol. The van der Waals surface area contributed by atoms with Crippen molar-refractivity contribution in [2.45, 2.75) is 62.6 Å². The van der Waals surface area contributed by atoms with Gasteiger partial charge in [-0.2, -0.15) is 4.31 Å². The zero-order chi connectivity index (χ0) is 22.7. The summed E-state index contributed by atoms with van der Waals surface area (Å²) in [5.74, 6) is -0.412. The van der Waals surface area contributed by atoms with Gasteiger partial charge >= 0.3 is 0 Å². The van der Waals surface area contributed by atoms with Crippen LogP contribution in [0.25, 0.3) is 0 Å². The topological polar surface area (TPSA) is 117 Å². The fraction of sp³-hybridized carbons (Fsp3) is 0.682. The third-order valence-electron chi connectivity index (χ3n) is 6.85. The van der Waals surface area contributed by atoms with Crippen LogP contribution in [0.2, 0.25) is 0 Å². The van der Waals surface area contributed by atoms with Gasteiger partial charge in [-0.25, -0.2) is 13.4 Å². The maximum atomic E-state index is 13.5. The largest absolute Gasteiger partial charge is 0.342 e. The summed E-state index contributed by atoms with van der Waals surface area (Å²) >= 11 is 0. The van der Waals surface area contributed by atoms with Gasteiger partial charge in [-0.3, -0.25) is 9.59 Å². The molecular weight excluding hydrogens is 430 g/mol. The minimum absolute atomic E-state index is 0.00252. The van der Waals surface area contributed by atoms with E-state index in [0.29, 0.717) is 24.9 Å². The Balaban J connectivity index is 1.62. The Hall–Kier alpha value is -2.04. The molecule has 1 aromatic heterocycles. The first-order valence-electron chi connectivity index (χ1n) is 11.6. The second-order valence-corrected chi connectivity index (χ2v) is 10.9. The van der Waals surface area contributed by atoms with E-state index in [1.165, 1.54) is 16.6 Å². The summed E-state index contributed by atoms with van der Waals surface area (Å²) in [6, 6.07) is 2.88. The van der Waals surface area contributed by atoms with Crippen LogP contribution in [-0.2, 0) is 26.2 Å². The van der Waals surface area contributed by atoms with Gasteiger partial charge in [0.15, 0.2) is 5.03 Å². The minimum Gasteiger partial charge on any atom is -0.342 e. The molecule has 2 N–H and O–H groups in total. The number of piperidine rings is 3. The molecule has 0 spiro atoms. The van der Waals surface area contributed by atoms with Crippen molar-refractivity contribution in [3.05, 3.63) is 23.9 Å². The van der Waals surface area contributed by atoms with Crippen LogP contribution in [0.5, 0.6) is 0 Å². The molecule has 2 atom stereocenters. The summed E-state index contributed by atoms with van der Waals surface area (Å²) in [5, 5.41) is -0.0600. The van der Waals surface area contributed by atoms with Gasteiger partial charge in [-0.05, 0) is 56.2 Å². The van der Waals surface area contributed by atoms with E-state index in [2.05, 4.69) is 4.98 Å². The summed E-state index contributed by atoms with van der Waals surface area (Å²) < 4.78 is 28.4. The molecule has 1 aromatic rings. The number of carbonyl (C=O) groups excluding carboxylic acids is 2. The van der Waals surface area contributed by atoms with Gasteiger partial charge in [0.05, 0.1) is 5.92 Å². The molecule has 32 heavy (non-hydrogen) atoms. The molecule has 0 radical (unpaired) electrons. The number of nitrogens with zero attached hydrogens (tertiary/aromatic N) is 4. The van der Waals surface area contributed by atoms with Crippen LogP contribution in [0.15, 0.2) is 23.4 Å². The number of pyridine rings is 1. The van der Waals surface area contributed by atoms with Crippen molar-refractivity contribution in [2.24, 2.45) is 11.7 Å². The maximum Gasteiger partial charge on any atom is 0.260 e. The highest BCUT2D eigenvalue weighted by atomic mass is 32.2. The molecule has 4 rings (SSSR count). The highest BCUT2D eigenvalue weighted by Gasteiger charge is 2.42. The molecule has 10 heteroatoms. The second-order valence-electron chi connectivity index (χ2n) is 9.05. The van der Waals surface area contributed by atoms with Gasteiger partial charge in [0.2, 0.25) is 11.8 Å². The molecule has 0 unspecified atom stereocenters. The van der Waals surface area contributed by atoms with Gasteiger partial charge in [0.1, 0.15) is 0 Å². The molecule has 3 saturated heterocycles. The number of aromatic nitrogens is 1. The lowest BCUT2D eigenvalue weighted by Gasteiger charge is -2.44. The smallest absolute Gasteiger partial charge is 0.260 e. The van der Waals surface area contributed by atoms with Crippen molar-refractivity contribution in [1.29, 1.82) is 0 Å². The molecule has 176 valence electrons. The fourth-order valence-corrected chi connectivity index (χ4v) is 6.57. The third-order valence-corrected chi connectivity index (χ3v) is 8.58. The number of hydrogen-bond acceptors (Lipinski definition) is 6. The van der Waals surface area contributed by atoms with Crippen LogP contribution < -0.4 is 5.73 Å². The van der Waals surface area contributed by atoms with Crippen molar-refractivity contribution < 1.29 is 18.0 Å². The normalized spacial score (nSPS) is 25.7. The first-order chi connectivity index (χ1) is 15.4. The van der Waals surface area contributed by atoms with E-state index in [9.17, 15) is 18.0 Å². The van der Waals surface area contributed by atoms with Crippen molar-refractivity contribution >= 4 is 21.8 Å². The number of amides is 2. The van der Waals surface area contributed by atoms with Crippen molar-refractivity contribution in [1.82, 2.24) is 19.1 Å². The van der Waals surface area contributed by atoms with Gasteiger partial charge in [-0.15, -0.1) is 0 Å². The first-order valence-corrected chi connectivity index (χ1v) is 13.1. The number of rotatable bonds is 5. The van der Waals surface area contributed by atoms with E-state index in [1.54, 1.807) is 11.0 Å². The molecule has 3 aliphatic heterocycles. The van der Waals surface area contributed by atoms with Crippen LogP contribution >= 0.6 is 0 Å². The van der Waals surface area contributed by atoms with E-state index < -0.39 is 15.9 Å². The van der Waals surface area contributed by atoms with Gasteiger partial charge in [0.25, 0.3) is 10.0 Å². The monoisotopic (exact) mass is 463 g/mol. The van der Waals surface area contributed by atoms with Gasteiger partial charge in [-0.1, -0.05) is 0 Å². The van der Waals surface area contributed by atoms with Crippen LogP contribution in [0.1, 0.15) is 50.5 Å². The molecule has 0 saturated carbocycles. The second kappa shape index (κ2) is 9.84. The quantitative estimate of drug-likeness (QED) is 0.695. The van der Waals surface area contributed by atoms with Crippen molar-refractivity contribution in [3.8, 4) is 0 Å². The number of nitrogens with two attached hydrogens (primary N) is 1. The standard InChI is InChI=1S/C22H33N5O4S/c23-14-17-7-8-24-20(12-17)32(30,31)26-15-18(22(29)25-9-3-1-4-10-25)13-19(16-26)27-11-5-2-6-21(27)28/h7-8,12,18-19H,1-6,9-11,13-16,23H2/t18-,19+/m0/s1. The Kier molecular flexibility index (Phi) is 7.11. The number of hydrogen-bond donors (Lipinski definition) is 1. The van der Waals surface area contributed by atoms with E-state index >= 15 is 0 Å². The summed E-state index contributed by atoms with van der Waals surface area (Å²) in [4.78, 5) is 33.7. The zero-order valence-corrected chi connectivity index (χ0v) is 19.3. The molecule has 4 heterocycles. The Bertz CT molecular complexity index is 947. The summed E-state index contributed by atoms with van der Waals surface area (Å²) in [6.07, 6.45) is 7.26. The summed E-state index contributed by atoms with van der Waals surface area (Å²) in [5.41, 5.74) is 6.37. The maximum absolute atomic E-state index is 13.5. The summed E-state index contributed by atoms with van der Waals surface area (Å²) in [7, 11) is -3.92.